The molecule has 0 aromatic rings. The van der Waals surface area contributed by atoms with E-state index in [2.05, 4.69) is 19.9 Å². The average molecular weight is 251 g/mol. The van der Waals surface area contributed by atoms with E-state index in [0.717, 1.165) is 0 Å². The first-order valence-electron chi connectivity index (χ1n) is 8.34. The number of rotatable bonds is 15. The molecule has 0 aromatic heterocycles. The molecule has 0 aliphatic heterocycles. The summed E-state index contributed by atoms with van der Waals surface area (Å²) in [6.45, 7) is 6.04. The molecular formula is C18H35. The second-order valence-corrected chi connectivity index (χ2v) is 5.48. The molecular weight excluding hydrogens is 216 g/mol. The van der Waals surface area contributed by atoms with Crippen LogP contribution in [0.25, 0.3) is 0 Å². The summed E-state index contributed by atoms with van der Waals surface area (Å²) >= 11 is 0. The average Bonchev–Trinajstić information content (AvgIpc) is 2.39. The molecule has 0 saturated heterocycles. The van der Waals surface area contributed by atoms with Gasteiger partial charge in [0.15, 0.2) is 0 Å². The topological polar surface area (TPSA) is 0 Å². The van der Waals surface area contributed by atoms with Crippen molar-refractivity contribution in [3.05, 3.63) is 19.1 Å². The van der Waals surface area contributed by atoms with Gasteiger partial charge in [-0.2, -0.15) is 0 Å². The Balaban J connectivity index is 2.88. The molecule has 1 radical (unpaired) electrons. The lowest BCUT2D eigenvalue weighted by Gasteiger charge is -2.02. The fourth-order valence-electron chi connectivity index (χ4n) is 2.32. The molecule has 0 spiro atoms. The van der Waals surface area contributed by atoms with Crippen molar-refractivity contribution in [2.45, 2.75) is 96.8 Å². The van der Waals surface area contributed by atoms with E-state index in [-0.39, 0.29) is 0 Å². The Hall–Kier alpha value is -0.260. The molecule has 0 aliphatic rings. The Kier molecular flexibility index (Phi) is 16.5. The van der Waals surface area contributed by atoms with Crippen LogP contribution in [0.1, 0.15) is 96.8 Å². The monoisotopic (exact) mass is 251 g/mol. The van der Waals surface area contributed by atoms with Gasteiger partial charge in [0.1, 0.15) is 0 Å². The zero-order valence-corrected chi connectivity index (χ0v) is 12.8. The van der Waals surface area contributed by atoms with Crippen molar-refractivity contribution in [3.63, 3.8) is 0 Å². The Morgan fingerprint density at radius 1 is 0.611 bits per heavy atom. The minimum Gasteiger partial charge on any atom is -0.103 e. The summed E-state index contributed by atoms with van der Waals surface area (Å²) in [4.78, 5) is 0. The van der Waals surface area contributed by atoms with Gasteiger partial charge in [0.2, 0.25) is 0 Å². The third-order valence-electron chi connectivity index (χ3n) is 3.58. The van der Waals surface area contributed by atoms with Crippen LogP contribution in [0.3, 0.4) is 0 Å². The van der Waals surface area contributed by atoms with E-state index < -0.39 is 0 Å². The van der Waals surface area contributed by atoms with E-state index in [9.17, 15) is 0 Å². The largest absolute Gasteiger partial charge is 0.103 e. The second-order valence-electron chi connectivity index (χ2n) is 5.48. The number of hydrogen-bond acceptors (Lipinski definition) is 0. The molecule has 0 fully saturated rings. The zero-order chi connectivity index (χ0) is 13.3. The predicted octanol–water partition coefficient (Wildman–Crippen LogP) is 6.86. The summed E-state index contributed by atoms with van der Waals surface area (Å²) in [6.07, 6.45) is 24.0. The van der Waals surface area contributed by atoms with Gasteiger partial charge in [-0.15, -0.1) is 6.58 Å². The Morgan fingerprint density at radius 3 is 1.56 bits per heavy atom. The van der Waals surface area contributed by atoms with Gasteiger partial charge in [0.25, 0.3) is 0 Å². The summed E-state index contributed by atoms with van der Waals surface area (Å²) in [5.41, 5.74) is 0. The van der Waals surface area contributed by atoms with Gasteiger partial charge in [-0.05, 0) is 19.3 Å². The molecule has 0 bridgehead atoms. The van der Waals surface area contributed by atoms with Crippen molar-refractivity contribution in [3.8, 4) is 0 Å². The molecule has 0 saturated carbocycles. The number of unbranched alkanes of at least 4 members (excludes halogenated alkanes) is 14. The predicted molar refractivity (Wildman–Crippen MR) is 84.8 cm³/mol. The molecule has 0 aliphatic carbocycles. The lowest BCUT2D eigenvalue weighted by molar-refractivity contribution is 0.577. The summed E-state index contributed by atoms with van der Waals surface area (Å²) in [5.74, 6) is 0. The van der Waals surface area contributed by atoms with E-state index in [1.807, 2.05) is 6.08 Å². The summed E-state index contributed by atoms with van der Waals surface area (Å²) in [7, 11) is 0. The maximum absolute atomic E-state index is 3.75. The Labute approximate surface area is 116 Å². The first kappa shape index (κ1) is 17.7. The highest BCUT2D eigenvalue weighted by molar-refractivity contribution is 4.67. The van der Waals surface area contributed by atoms with E-state index in [1.165, 1.54) is 89.9 Å². The number of hydrogen-bond donors (Lipinski definition) is 0. The fraction of sp³-hybridized carbons (Fsp3) is 0.833. The van der Waals surface area contributed by atoms with E-state index >= 15 is 0 Å². The van der Waals surface area contributed by atoms with Crippen molar-refractivity contribution in [1.29, 1.82) is 0 Å². The normalized spacial score (nSPS) is 10.7. The Bertz CT molecular complexity index is 148. The van der Waals surface area contributed by atoms with Crippen molar-refractivity contribution < 1.29 is 0 Å². The van der Waals surface area contributed by atoms with Crippen LogP contribution in [0.4, 0.5) is 0 Å². The molecule has 0 heteroatoms. The molecule has 0 N–H and O–H groups in total. The van der Waals surface area contributed by atoms with Crippen LogP contribution in [0, 0.1) is 6.42 Å². The van der Waals surface area contributed by atoms with Crippen LogP contribution in [-0.2, 0) is 0 Å². The third kappa shape index (κ3) is 15.7. The van der Waals surface area contributed by atoms with E-state index in [1.54, 1.807) is 0 Å². The number of allylic oxidation sites excluding steroid dienone is 1. The van der Waals surface area contributed by atoms with Crippen LogP contribution < -0.4 is 0 Å². The highest BCUT2D eigenvalue weighted by Crippen LogP contribution is 2.12. The lowest BCUT2D eigenvalue weighted by Crippen LogP contribution is -1.83. The molecule has 0 amide bonds. The molecule has 107 valence electrons. The van der Waals surface area contributed by atoms with Gasteiger partial charge >= 0.3 is 0 Å². The minimum absolute atomic E-state index is 1.20. The van der Waals surface area contributed by atoms with Crippen molar-refractivity contribution in [2.75, 3.05) is 0 Å². The van der Waals surface area contributed by atoms with Gasteiger partial charge < -0.3 is 0 Å². The van der Waals surface area contributed by atoms with Crippen LogP contribution in [0.15, 0.2) is 12.7 Å². The van der Waals surface area contributed by atoms with Gasteiger partial charge in [0.05, 0.1) is 0 Å². The molecule has 18 heavy (non-hydrogen) atoms. The highest BCUT2D eigenvalue weighted by Gasteiger charge is 1.93. The van der Waals surface area contributed by atoms with E-state index in [0.29, 0.717) is 0 Å². The molecule has 0 unspecified atom stereocenters. The maximum atomic E-state index is 3.75. The molecule has 0 nitrogen and oxygen atoms in total. The summed E-state index contributed by atoms with van der Waals surface area (Å²) in [6, 6.07) is 0. The smallest absolute Gasteiger partial charge is 0.0353 e. The van der Waals surface area contributed by atoms with Crippen LogP contribution in [-0.4, -0.2) is 0 Å². The van der Waals surface area contributed by atoms with Gasteiger partial charge in [-0.1, -0.05) is 90.0 Å². The molecule has 0 atom stereocenters. The quantitative estimate of drug-likeness (QED) is 0.220. The standard InChI is InChI=1S/C18H35/c1-3-5-7-9-11-13-15-17-18-16-14-12-10-8-6-4-2/h3,17H,1,4-16,18H2,2H3. The first-order chi connectivity index (χ1) is 8.91. The van der Waals surface area contributed by atoms with Gasteiger partial charge in [0, 0.05) is 0 Å². The van der Waals surface area contributed by atoms with Gasteiger partial charge in [-0.25, -0.2) is 0 Å². The SMILES string of the molecule is C=CCCCCCC[CH]CCCCCCCCC. The second kappa shape index (κ2) is 16.7. The van der Waals surface area contributed by atoms with Crippen molar-refractivity contribution in [2.24, 2.45) is 0 Å². The molecule has 0 heterocycles. The van der Waals surface area contributed by atoms with Crippen LogP contribution in [0.5, 0.6) is 0 Å². The van der Waals surface area contributed by atoms with E-state index in [4.69, 9.17) is 0 Å². The van der Waals surface area contributed by atoms with Crippen LogP contribution >= 0.6 is 0 Å². The Morgan fingerprint density at radius 2 is 1.06 bits per heavy atom. The first-order valence-corrected chi connectivity index (χ1v) is 8.34. The summed E-state index contributed by atoms with van der Waals surface area (Å²) in [5, 5.41) is 0. The van der Waals surface area contributed by atoms with Gasteiger partial charge in [-0.3, -0.25) is 0 Å². The van der Waals surface area contributed by atoms with Crippen molar-refractivity contribution in [1.82, 2.24) is 0 Å². The lowest BCUT2D eigenvalue weighted by atomic mass is 10.0. The molecule has 0 rings (SSSR count). The fourth-order valence-corrected chi connectivity index (χ4v) is 2.32. The molecule has 0 aromatic carbocycles. The third-order valence-corrected chi connectivity index (χ3v) is 3.58. The van der Waals surface area contributed by atoms with Crippen LogP contribution in [0.2, 0.25) is 0 Å². The highest BCUT2D eigenvalue weighted by atomic mass is 14.0. The summed E-state index contributed by atoms with van der Waals surface area (Å²) < 4.78 is 0. The zero-order valence-electron chi connectivity index (χ0n) is 12.8. The maximum Gasteiger partial charge on any atom is -0.0353 e. The van der Waals surface area contributed by atoms with Crippen molar-refractivity contribution >= 4 is 0 Å². The minimum atomic E-state index is 1.20.